The predicted molar refractivity (Wildman–Crippen MR) is 81.2 cm³/mol. The van der Waals surface area contributed by atoms with E-state index in [4.69, 9.17) is 27.9 Å². The summed E-state index contributed by atoms with van der Waals surface area (Å²) in [7, 11) is 0. The Hall–Kier alpha value is -0.0300. The number of carbonyl (C=O) groups is 1. The summed E-state index contributed by atoms with van der Waals surface area (Å²) in [6.07, 6.45) is 0.988. The molecule has 1 aliphatic carbocycles. The SMILES string of the molecule is C[C@@H]1CN([C@H](C)CNC(=O)[C@]2(C)CC2(Cl)Cl)C[C@H](C)O1. The summed E-state index contributed by atoms with van der Waals surface area (Å²) in [5.41, 5.74) is -0.637. The average Bonchev–Trinajstić information content (AvgIpc) is 2.85. The first-order valence-electron chi connectivity index (χ1n) is 7.21. The molecule has 2 rings (SSSR count). The Labute approximate surface area is 131 Å². The monoisotopic (exact) mass is 322 g/mol. The maximum absolute atomic E-state index is 12.1. The summed E-state index contributed by atoms with van der Waals surface area (Å²) in [4.78, 5) is 14.5. The Kier molecular flexibility index (Phi) is 4.60. The molecule has 116 valence electrons. The number of carbonyl (C=O) groups excluding carboxylic acids is 1. The van der Waals surface area contributed by atoms with Gasteiger partial charge in [0.2, 0.25) is 5.91 Å². The van der Waals surface area contributed by atoms with Gasteiger partial charge >= 0.3 is 0 Å². The lowest BCUT2D eigenvalue weighted by molar-refractivity contribution is -0.126. The van der Waals surface area contributed by atoms with Crippen LogP contribution >= 0.6 is 23.2 Å². The van der Waals surface area contributed by atoms with E-state index in [0.717, 1.165) is 13.1 Å². The molecule has 1 heterocycles. The zero-order valence-corrected chi connectivity index (χ0v) is 14.1. The number of rotatable bonds is 4. The second-order valence-electron chi connectivity index (χ2n) is 6.48. The van der Waals surface area contributed by atoms with Crippen LogP contribution in [-0.2, 0) is 9.53 Å². The molecular weight excluding hydrogens is 299 g/mol. The summed E-state index contributed by atoms with van der Waals surface area (Å²) in [5, 5.41) is 2.98. The minimum atomic E-state index is -0.900. The lowest BCUT2D eigenvalue weighted by atomic mass is 10.1. The van der Waals surface area contributed by atoms with E-state index in [1.165, 1.54) is 0 Å². The Morgan fingerprint density at radius 1 is 1.40 bits per heavy atom. The molecule has 2 fully saturated rings. The van der Waals surface area contributed by atoms with Crippen LogP contribution in [0.4, 0.5) is 0 Å². The van der Waals surface area contributed by atoms with Gasteiger partial charge in [-0.2, -0.15) is 0 Å². The molecule has 0 bridgehead atoms. The molecule has 0 spiro atoms. The van der Waals surface area contributed by atoms with Crippen molar-refractivity contribution >= 4 is 29.1 Å². The van der Waals surface area contributed by atoms with Crippen LogP contribution in [0.25, 0.3) is 0 Å². The van der Waals surface area contributed by atoms with Crippen molar-refractivity contribution in [2.24, 2.45) is 5.41 Å². The molecule has 1 saturated carbocycles. The molecule has 4 atom stereocenters. The first kappa shape index (κ1) is 16.3. The van der Waals surface area contributed by atoms with Crippen molar-refractivity contribution < 1.29 is 9.53 Å². The minimum Gasteiger partial charge on any atom is -0.373 e. The molecule has 4 nitrogen and oxygen atoms in total. The molecule has 0 aromatic carbocycles. The molecule has 1 aliphatic heterocycles. The molecule has 0 unspecified atom stereocenters. The van der Waals surface area contributed by atoms with Crippen molar-refractivity contribution in [2.75, 3.05) is 19.6 Å². The summed E-state index contributed by atoms with van der Waals surface area (Å²) in [6, 6.07) is 0.273. The van der Waals surface area contributed by atoms with Gasteiger partial charge in [0, 0.05) is 25.7 Å². The number of ether oxygens (including phenoxy) is 1. The Balaban J connectivity index is 1.81. The van der Waals surface area contributed by atoms with Crippen molar-refractivity contribution in [2.45, 2.75) is 56.7 Å². The van der Waals surface area contributed by atoms with Crippen molar-refractivity contribution in [3.8, 4) is 0 Å². The summed E-state index contributed by atoms with van der Waals surface area (Å²) < 4.78 is 4.82. The summed E-state index contributed by atoms with van der Waals surface area (Å²) >= 11 is 12.0. The fraction of sp³-hybridized carbons (Fsp3) is 0.929. The highest BCUT2D eigenvalue weighted by atomic mass is 35.5. The lowest BCUT2D eigenvalue weighted by Gasteiger charge is -2.39. The van der Waals surface area contributed by atoms with Gasteiger partial charge in [0.1, 0.15) is 4.33 Å². The van der Waals surface area contributed by atoms with Crippen LogP contribution in [0.1, 0.15) is 34.1 Å². The van der Waals surface area contributed by atoms with E-state index < -0.39 is 9.75 Å². The van der Waals surface area contributed by atoms with Crippen LogP contribution in [-0.4, -0.2) is 53.0 Å². The topological polar surface area (TPSA) is 41.6 Å². The first-order valence-corrected chi connectivity index (χ1v) is 7.97. The van der Waals surface area contributed by atoms with E-state index in [0.29, 0.717) is 13.0 Å². The average molecular weight is 323 g/mol. The molecule has 20 heavy (non-hydrogen) atoms. The van der Waals surface area contributed by atoms with Crippen molar-refractivity contribution in [1.82, 2.24) is 10.2 Å². The largest absolute Gasteiger partial charge is 0.373 e. The number of halogens is 2. The molecular formula is C14H24Cl2N2O2. The van der Waals surface area contributed by atoms with Gasteiger partial charge in [0.05, 0.1) is 17.6 Å². The van der Waals surface area contributed by atoms with E-state index >= 15 is 0 Å². The van der Waals surface area contributed by atoms with E-state index in [1.54, 1.807) is 0 Å². The third-order valence-corrected chi connectivity index (χ3v) is 5.49. The molecule has 0 radical (unpaired) electrons. The van der Waals surface area contributed by atoms with E-state index in [1.807, 2.05) is 6.92 Å². The lowest BCUT2D eigenvalue weighted by Crippen LogP contribution is -2.52. The molecule has 1 saturated heterocycles. The molecule has 2 aliphatic rings. The zero-order chi connectivity index (χ0) is 15.1. The molecule has 1 amide bonds. The first-order chi connectivity index (χ1) is 9.15. The van der Waals surface area contributed by atoms with Crippen LogP contribution in [0.2, 0.25) is 0 Å². The third kappa shape index (κ3) is 3.24. The Morgan fingerprint density at radius 3 is 2.35 bits per heavy atom. The second kappa shape index (κ2) is 5.64. The van der Waals surface area contributed by atoms with E-state index in [9.17, 15) is 4.79 Å². The number of hydrogen-bond acceptors (Lipinski definition) is 3. The van der Waals surface area contributed by atoms with Crippen molar-refractivity contribution in [3.63, 3.8) is 0 Å². The van der Waals surface area contributed by atoms with Crippen molar-refractivity contribution in [3.05, 3.63) is 0 Å². The summed E-state index contributed by atoms with van der Waals surface area (Å²) in [6.45, 7) is 10.5. The smallest absolute Gasteiger partial charge is 0.229 e. The highest BCUT2D eigenvalue weighted by molar-refractivity contribution is 6.53. The minimum absolute atomic E-state index is 0.0521. The van der Waals surface area contributed by atoms with Gasteiger partial charge in [-0.25, -0.2) is 0 Å². The fourth-order valence-corrected chi connectivity index (χ4v) is 3.49. The van der Waals surface area contributed by atoms with Gasteiger partial charge < -0.3 is 10.1 Å². The van der Waals surface area contributed by atoms with Crippen LogP contribution in [0.15, 0.2) is 0 Å². The summed E-state index contributed by atoms with van der Waals surface area (Å²) in [5.74, 6) is -0.0521. The van der Waals surface area contributed by atoms with Gasteiger partial charge in [-0.05, 0) is 34.1 Å². The van der Waals surface area contributed by atoms with Crippen LogP contribution < -0.4 is 5.32 Å². The zero-order valence-electron chi connectivity index (χ0n) is 12.6. The molecule has 1 N–H and O–H groups in total. The van der Waals surface area contributed by atoms with Crippen LogP contribution in [0, 0.1) is 5.41 Å². The third-order valence-electron chi connectivity index (χ3n) is 4.39. The quantitative estimate of drug-likeness (QED) is 0.807. The second-order valence-corrected chi connectivity index (χ2v) is 7.97. The molecule has 6 heteroatoms. The maximum atomic E-state index is 12.1. The Morgan fingerprint density at radius 2 is 1.90 bits per heavy atom. The van der Waals surface area contributed by atoms with Crippen LogP contribution in [0.3, 0.4) is 0 Å². The maximum Gasteiger partial charge on any atom is 0.229 e. The van der Waals surface area contributed by atoms with E-state index in [2.05, 4.69) is 31.0 Å². The normalized spacial score (nSPS) is 38.3. The van der Waals surface area contributed by atoms with Gasteiger partial charge in [0.25, 0.3) is 0 Å². The Bertz CT molecular complexity index is 381. The van der Waals surface area contributed by atoms with Crippen molar-refractivity contribution in [1.29, 1.82) is 0 Å². The van der Waals surface area contributed by atoms with Gasteiger partial charge in [-0.15, -0.1) is 23.2 Å². The number of hydrogen-bond donors (Lipinski definition) is 1. The number of nitrogens with zero attached hydrogens (tertiary/aromatic N) is 1. The predicted octanol–water partition coefficient (Wildman–Crippen LogP) is 2.18. The molecule has 0 aromatic rings. The standard InChI is InChI=1S/C14H24Cl2N2O2/c1-9(18-6-10(2)20-11(3)7-18)5-17-12(19)13(4)8-14(13,15)16/h9-11H,5-8H2,1-4H3,(H,17,19)/t9-,10-,11+,13+/m1/s1. The number of morpholine rings is 1. The number of alkyl halides is 2. The number of amides is 1. The fourth-order valence-electron chi connectivity index (χ4n) is 2.79. The van der Waals surface area contributed by atoms with Gasteiger partial charge in [-0.3, -0.25) is 9.69 Å². The van der Waals surface area contributed by atoms with Crippen LogP contribution in [0.5, 0.6) is 0 Å². The molecule has 0 aromatic heterocycles. The van der Waals surface area contributed by atoms with Gasteiger partial charge in [0.15, 0.2) is 0 Å². The van der Waals surface area contributed by atoms with Gasteiger partial charge in [-0.1, -0.05) is 0 Å². The van der Waals surface area contributed by atoms with E-state index in [-0.39, 0.29) is 24.2 Å². The highest BCUT2D eigenvalue weighted by Gasteiger charge is 2.67. The highest BCUT2D eigenvalue weighted by Crippen LogP contribution is 2.63. The number of nitrogens with one attached hydrogen (secondary N) is 1.